The molecule has 104 valence electrons. The highest BCUT2D eigenvalue weighted by Gasteiger charge is 2.34. The van der Waals surface area contributed by atoms with Gasteiger partial charge in [-0.1, -0.05) is 0 Å². The molecule has 19 heavy (non-hydrogen) atoms. The van der Waals surface area contributed by atoms with Gasteiger partial charge in [-0.25, -0.2) is 4.79 Å². The van der Waals surface area contributed by atoms with E-state index < -0.39 is 5.97 Å². The van der Waals surface area contributed by atoms with Crippen LogP contribution in [0.3, 0.4) is 0 Å². The number of piperidine rings is 1. The first-order chi connectivity index (χ1) is 9.24. The van der Waals surface area contributed by atoms with Gasteiger partial charge in [-0.2, -0.15) is 4.98 Å². The van der Waals surface area contributed by atoms with E-state index in [0.29, 0.717) is 30.5 Å². The van der Waals surface area contributed by atoms with Gasteiger partial charge >= 0.3 is 5.97 Å². The Balaban J connectivity index is 1.59. The summed E-state index contributed by atoms with van der Waals surface area (Å²) in [5, 5.41) is 7.28. The summed E-state index contributed by atoms with van der Waals surface area (Å²) in [5.74, 6) is 0.653. The lowest BCUT2D eigenvalue weighted by Gasteiger charge is -2.27. The summed E-state index contributed by atoms with van der Waals surface area (Å²) in [5.41, 5.74) is 0. The summed E-state index contributed by atoms with van der Waals surface area (Å²) in [6.45, 7) is 2.07. The zero-order valence-electron chi connectivity index (χ0n) is 11.1. The predicted molar refractivity (Wildman–Crippen MR) is 66.6 cm³/mol. The van der Waals surface area contributed by atoms with Crippen molar-refractivity contribution in [2.75, 3.05) is 6.61 Å². The third-order valence-corrected chi connectivity index (χ3v) is 3.96. The van der Waals surface area contributed by atoms with E-state index in [0.717, 1.165) is 19.3 Å². The van der Waals surface area contributed by atoms with Gasteiger partial charge in [0, 0.05) is 18.5 Å². The van der Waals surface area contributed by atoms with E-state index in [-0.39, 0.29) is 5.82 Å². The Morgan fingerprint density at radius 1 is 1.42 bits per heavy atom. The van der Waals surface area contributed by atoms with Crippen LogP contribution in [0.5, 0.6) is 0 Å². The minimum absolute atomic E-state index is 0.0359. The molecular formula is C13H19N3O3. The maximum absolute atomic E-state index is 11.4. The zero-order valence-corrected chi connectivity index (χ0v) is 11.1. The molecule has 3 rings (SSSR count). The molecule has 0 saturated carbocycles. The fourth-order valence-corrected chi connectivity index (χ4v) is 3.21. The number of carbonyl (C=O) groups is 1. The molecule has 2 aliphatic rings. The first-order valence-corrected chi connectivity index (χ1v) is 7.00. The molecule has 0 aromatic carbocycles. The summed E-state index contributed by atoms with van der Waals surface area (Å²) in [6.07, 6.45) is 5.64. The Morgan fingerprint density at radius 3 is 2.84 bits per heavy atom. The first-order valence-electron chi connectivity index (χ1n) is 7.00. The summed E-state index contributed by atoms with van der Waals surface area (Å²) in [4.78, 5) is 15.6. The average Bonchev–Trinajstić information content (AvgIpc) is 2.97. The molecule has 1 aromatic heterocycles. The van der Waals surface area contributed by atoms with Crippen molar-refractivity contribution < 1.29 is 14.1 Å². The van der Waals surface area contributed by atoms with Gasteiger partial charge in [0.25, 0.3) is 5.82 Å². The molecule has 1 aromatic rings. The number of fused-ring (bicyclic) bond motifs is 2. The van der Waals surface area contributed by atoms with E-state index in [4.69, 9.17) is 9.26 Å². The van der Waals surface area contributed by atoms with Crippen LogP contribution in [0.25, 0.3) is 0 Å². The van der Waals surface area contributed by atoms with Gasteiger partial charge in [0.15, 0.2) is 0 Å². The lowest BCUT2D eigenvalue weighted by atomic mass is 9.90. The monoisotopic (exact) mass is 265 g/mol. The van der Waals surface area contributed by atoms with Crippen molar-refractivity contribution in [1.29, 1.82) is 0 Å². The molecule has 2 saturated heterocycles. The van der Waals surface area contributed by atoms with Crippen LogP contribution in [0.4, 0.5) is 0 Å². The smallest absolute Gasteiger partial charge is 0.379 e. The zero-order chi connectivity index (χ0) is 13.2. The Kier molecular flexibility index (Phi) is 3.50. The second-order valence-corrected chi connectivity index (χ2v) is 5.41. The average molecular weight is 265 g/mol. The number of rotatable bonds is 4. The van der Waals surface area contributed by atoms with Gasteiger partial charge in [-0.3, -0.25) is 0 Å². The van der Waals surface area contributed by atoms with Crippen LogP contribution in [0.1, 0.15) is 49.1 Å². The molecule has 2 atom stereocenters. The van der Waals surface area contributed by atoms with Gasteiger partial charge < -0.3 is 14.6 Å². The van der Waals surface area contributed by atoms with E-state index in [1.807, 2.05) is 0 Å². The Labute approximate surface area is 111 Å². The van der Waals surface area contributed by atoms with Crippen molar-refractivity contribution in [1.82, 2.24) is 15.5 Å². The van der Waals surface area contributed by atoms with Crippen molar-refractivity contribution in [2.45, 2.75) is 51.1 Å². The number of nitrogens with zero attached hydrogens (tertiary/aromatic N) is 2. The molecule has 2 unspecified atom stereocenters. The van der Waals surface area contributed by atoms with Crippen LogP contribution in [0.15, 0.2) is 4.52 Å². The molecule has 0 aliphatic carbocycles. The van der Waals surface area contributed by atoms with Gasteiger partial charge in [0.05, 0.1) is 6.61 Å². The van der Waals surface area contributed by atoms with Crippen molar-refractivity contribution in [3.63, 3.8) is 0 Å². The number of hydrogen-bond acceptors (Lipinski definition) is 6. The Morgan fingerprint density at radius 2 is 2.16 bits per heavy atom. The van der Waals surface area contributed by atoms with E-state index in [9.17, 15) is 4.79 Å². The third-order valence-electron chi connectivity index (χ3n) is 3.96. The molecule has 1 N–H and O–H groups in total. The summed E-state index contributed by atoms with van der Waals surface area (Å²) in [7, 11) is 0. The van der Waals surface area contributed by atoms with Crippen molar-refractivity contribution in [3.05, 3.63) is 11.7 Å². The highest BCUT2D eigenvalue weighted by molar-refractivity contribution is 5.84. The van der Waals surface area contributed by atoms with E-state index in [1.54, 1.807) is 6.92 Å². The van der Waals surface area contributed by atoms with Crippen LogP contribution in [0.2, 0.25) is 0 Å². The number of esters is 1. The molecule has 6 heteroatoms. The highest BCUT2D eigenvalue weighted by Crippen LogP contribution is 2.32. The lowest BCUT2D eigenvalue weighted by Crippen LogP contribution is -2.38. The van der Waals surface area contributed by atoms with E-state index in [1.165, 1.54) is 12.8 Å². The number of aromatic nitrogens is 2. The van der Waals surface area contributed by atoms with E-state index >= 15 is 0 Å². The lowest BCUT2D eigenvalue weighted by molar-refractivity contribution is 0.0508. The predicted octanol–water partition coefficient (Wildman–Crippen LogP) is 1.32. The van der Waals surface area contributed by atoms with Crippen LogP contribution in [0, 0.1) is 5.92 Å². The minimum Gasteiger partial charge on any atom is -0.460 e. The maximum atomic E-state index is 11.4. The standard InChI is InChI=1S/C13H19N3O3/c1-2-18-13(17)12-15-11(19-16-12)7-8-5-9-3-4-10(6-8)14-9/h8-10,14H,2-7H2,1H3. The second kappa shape index (κ2) is 5.28. The molecule has 3 heterocycles. The van der Waals surface area contributed by atoms with Gasteiger partial charge in [-0.05, 0) is 43.7 Å². The topological polar surface area (TPSA) is 77.2 Å². The molecule has 2 fully saturated rings. The molecule has 0 amide bonds. The van der Waals surface area contributed by atoms with Gasteiger partial charge in [0.2, 0.25) is 5.89 Å². The van der Waals surface area contributed by atoms with Crippen molar-refractivity contribution >= 4 is 5.97 Å². The summed E-state index contributed by atoms with van der Waals surface area (Å²) in [6, 6.07) is 1.30. The molecule has 6 nitrogen and oxygen atoms in total. The quantitative estimate of drug-likeness (QED) is 0.827. The maximum Gasteiger partial charge on any atom is 0.379 e. The normalized spacial score (nSPS) is 29.4. The van der Waals surface area contributed by atoms with E-state index in [2.05, 4.69) is 15.5 Å². The largest absolute Gasteiger partial charge is 0.460 e. The van der Waals surface area contributed by atoms with Crippen LogP contribution < -0.4 is 5.32 Å². The summed E-state index contributed by atoms with van der Waals surface area (Å²) >= 11 is 0. The number of hydrogen-bond donors (Lipinski definition) is 1. The highest BCUT2D eigenvalue weighted by atomic mass is 16.5. The minimum atomic E-state index is -0.511. The number of ether oxygens (including phenoxy) is 1. The molecule has 2 bridgehead atoms. The second-order valence-electron chi connectivity index (χ2n) is 5.41. The van der Waals surface area contributed by atoms with Crippen LogP contribution in [-0.2, 0) is 11.2 Å². The van der Waals surface area contributed by atoms with Gasteiger partial charge in [0.1, 0.15) is 0 Å². The Hall–Kier alpha value is -1.43. The number of carbonyl (C=O) groups excluding carboxylic acids is 1. The molecule has 0 spiro atoms. The first kappa shape index (κ1) is 12.6. The van der Waals surface area contributed by atoms with Crippen LogP contribution in [-0.4, -0.2) is 34.8 Å². The van der Waals surface area contributed by atoms with Gasteiger partial charge in [-0.15, -0.1) is 0 Å². The third kappa shape index (κ3) is 2.78. The SMILES string of the molecule is CCOC(=O)c1noc(CC2CC3CCC(C2)N3)n1. The fourth-order valence-electron chi connectivity index (χ4n) is 3.21. The fraction of sp³-hybridized carbons (Fsp3) is 0.769. The number of nitrogens with one attached hydrogen (secondary N) is 1. The molecular weight excluding hydrogens is 246 g/mol. The summed E-state index contributed by atoms with van der Waals surface area (Å²) < 4.78 is 9.98. The van der Waals surface area contributed by atoms with Crippen LogP contribution >= 0.6 is 0 Å². The van der Waals surface area contributed by atoms with Crippen molar-refractivity contribution in [2.24, 2.45) is 5.92 Å². The Bertz CT molecular complexity index is 448. The molecule has 2 aliphatic heterocycles. The van der Waals surface area contributed by atoms with Crippen molar-refractivity contribution in [3.8, 4) is 0 Å². The molecule has 0 radical (unpaired) electrons.